The smallest absolute Gasteiger partial charge is 0.129 e. The fourth-order valence-electron chi connectivity index (χ4n) is 1.49. The molecule has 0 radical (unpaired) electrons. The molecule has 0 saturated heterocycles. The topological polar surface area (TPSA) is 9.23 Å². The largest absolute Gasteiger partial charge is 0.493 e. The van der Waals surface area contributed by atoms with Gasteiger partial charge in [0.25, 0.3) is 0 Å². The molecule has 0 aliphatic carbocycles. The summed E-state index contributed by atoms with van der Waals surface area (Å²) in [7, 11) is 0. The molecule has 0 bridgehead atoms. The van der Waals surface area contributed by atoms with Gasteiger partial charge < -0.3 is 4.74 Å². The van der Waals surface area contributed by atoms with E-state index < -0.39 is 0 Å². The van der Waals surface area contributed by atoms with Crippen LogP contribution < -0.4 is 0 Å². The second-order valence-corrected chi connectivity index (χ2v) is 4.64. The Morgan fingerprint density at radius 3 is 2.94 bits per heavy atom. The molecule has 1 unspecified atom stereocenters. The number of hydrogen-bond donors (Lipinski definition) is 0. The first kappa shape index (κ1) is 11.0. The van der Waals surface area contributed by atoms with Crippen molar-refractivity contribution in [2.45, 2.75) is 13.0 Å². The number of allylic oxidation sites excluding steroid dienone is 2. The third-order valence-electron chi connectivity index (χ3n) is 2.34. The zero-order valence-electron chi connectivity index (χ0n) is 9.22. The van der Waals surface area contributed by atoms with Gasteiger partial charge in [0.05, 0.1) is 6.26 Å². The van der Waals surface area contributed by atoms with Crippen molar-refractivity contribution in [2.24, 2.45) is 0 Å². The molecular formula is C14H14OS. The summed E-state index contributed by atoms with van der Waals surface area (Å²) >= 11 is 1.78. The van der Waals surface area contributed by atoms with E-state index in [1.165, 1.54) is 15.0 Å². The molecule has 0 fully saturated rings. The van der Waals surface area contributed by atoms with Crippen LogP contribution in [-0.4, -0.2) is 0 Å². The molecule has 2 rings (SSSR count). The summed E-state index contributed by atoms with van der Waals surface area (Å²) in [5, 5.41) is 1.28. The fraction of sp³-hybridized carbons (Fsp3) is 0.143. The van der Waals surface area contributed by atoms with E-state index in [4.69, 9.17) is 4.74 Å². The predicted molar refractivity (Wildman–Crippen MR) is 70.7 cm³/mol. The van der Waals surface area contributed by atoms with Gasteiger partial charge in [-0.1, -0.05) is 30.9 Å². The van der Waals surface area contributed by atoms with Crippen LogP contribution >= 0.6 is 11.3 Å². The summed E-state index contributed by atoms with van der Waals surface area (Å²) < 4.78 is 6.86. The number of thiophene rings is 1. The second kappa shape index (κ2) is 4.99. The van der Waals surface area contributed by atoms with Crippen molar-refractivity contribution in [3.63, 3.8) is 0 Å². The maximum Gasteiger partial charge on any atom is 0.129 e. The molecule has 0 aliphatic rings. The Balaban J connectivity index is 2.19. The van der Waals surface area contributed by atoms with E-state index in [0.717, 1.165) is 0 Å². The van der Waals surface area contributed by atoms with Gasteiger partial charge in [-0.15, -0.1) is 11.3 Å². The van der Waals surface area contributed by atoms with Gasteiger partial charge in [0.1, 0.15) is 6.10 Å². The SMILES string of the molecule is C=CC=COC(C)c1cc2ccccc2s1. The van der Waals surface area contributed by atoms with Crippen molar-refractivity contribution in [1.29, 1.82) is 0 Å². The summed E-state index contributed by atoms with van der Waals surface area (Å²) in [6, 6.07) is 10.6. The van der Waals surface area contributed by atoms with Crippen LogP contribution in [0.1, 0.15) is 17.9 Å². The highest BCUT2D eigenvalue weighted by molar-refractivity contribution is 7.19. The molecule has 0 spiro atoms. The molecule has 82 valence electrons. The van der Waals surface area contributed by atoms with Crippen LogP contribution in [0.15, 0.2) is 55.3 Å². The molecule has 1 aromatic carbocycles. The van der Waals surface area contributed by atoms with E-state index >= 15 is 0 Å². The Morgan fingerprint density at radius 1 is 1.38 bits per heavy atom. The lowest BCUT2D eigenvalue weighted by atomic mass is 10.2. The van der Waals surface area contributed by atoms with Crippen molar-refractivity contribution in [3.8, 4) is 0 Å². The fourth-order valence-corrected chi connectivity index (χ4v) is 2.54. The zero-order chi connectivity index (χ0) is 11.4. The van der Waals surface area contributed by atoms with Crippen LogP contribution in [0.2, 0.25) is 0 Å². The molecule has 0 aliphatic heterocycles. The van der Waals surface area contributed by atoms with E-state index in [2.05, 4.69) is 43.8 Å². The van der Waals surface area contributed by atoms with E-state index in [1.807, 2.05) is 0 Å². The zero-order valence-corrected chi connectivity index (χ0v) is 10.0. The Bertz CT molecular complexity index is 477. The van der Waals surface area contributed by atoms with Crippen LogP contribution in [0.4, 0.5) is 0 Å². The van der Waals surface area contributed by atoms with Gasteiger partial charge in [-0.2, -0.15) is 0 Å². The van der Waals surface area contributed by atoms with E-state index in [-0.39, 0.29) is 6.10 Å². The maximum atomic E-state index is 5.56. The van der Waals surface area contributed by atoms with Crippen molar-refractivity contribution in [2.75, 3.05) is 0 Å². The summed E-state index contributed by atoms with van der Waals surface area (Å²) in [6.45, 7) is 5.65. The van der Waals surface area contributed by atoms with Crippen LogP contribution in [0.25, 0.3) is 10.1 Å². The highest BCUT2D eigenvalue weighted by Gasteiger charge is 2.08. The van der Waals surface area contributed by atoms with Gasteiger partial charge >= 0.3 is 0 Å². The Morgan fingerprint density at radius 2 is 2.19 bits per heavy atom. The highest BCUT2D eigenvalue weighted by atomic mass is 32.1. The molecule has 0 amide bonds. The van der Waals surface area contributed by atoms with Gasteiger partial charge in [0.2, 0.25) is 0 Å². The van der Waals surface area contributed by atoms with Crippen molar-refractivity contribution in [1.82, 2.24) is 0 Å². The number of rotatable bonds is 4. The maximum absolute atomic E-state index is 5.56. The molecular weight excluding hydrogens is 216 g/mol. The molecule has 16 heavy (non-hydrogen) atoms. The average molecular weight is 230 g/mol. The third kappa shape index (κ3) is 2.34. The van der Waals surface area contributed by atoms with Crippen LogP contribution in [0.3, 0.4) is 0 Å². The monoisotopic (exact) mass is 230 g/mol. The quantitative estimate of drug-likeness (QED) is 0.547. The van der Waals surface area contributed by atoms with Crippen LogP contribution in [0.5, 0.6) is 0 Å². The Hall–Kier alpha value is -1.54. The minimum atomic E-state index is 0.0913. The van der Waals surface area contributed by atoms with Crippen LogP contribution in [-0.2, 0) is 4.74 Å². The molecule has 1 aromatic heterocycles. The lowest BCUT2D eigenvalue weighted by Gasteiger charge is -2.07. The number of benzene rings is 1. The molecule has 0 N–H and O–H groups in total. The Kier molecular flexibility index (Phi) is 3.42. The first-order valence-corrected chi connectivity index (χ1v) is 6.04. The van der Waals surface area contributed by atoms with Gasteiger partial charge in [-0.25, -0.2) is 0 Å². The first-order chi connectivity index (χ1) is 7.81. The molecule has 1 atom stereocenters. The summed E-state index contributed by atoms with van der Waals surface area (Å²) in [5.74, 6) is 0. The molecule has 2 heteroatoms. The highest BCUT2D eigenvalue weighted by Crippen LogP contribution is 2.31. The molecule has 1 heterocycles. The summed E-state index contributed by atoms with van der Waals surface area (Å²) in [6.07, 6.45) is 5.28. The third-order valence-corrected chi connectivity index (χ3v) is 3.62. The van der Waals surface area contributed by atoms with Gasteiger partial charge in [-0.3, -0.25) is 0 Å². The minimum absolute atomic E-state index is 0.0913. The molecule has 2 aromatic rings. The predicted octanol–water partition coefficient (Wildman–Crippen LogP) is 4.68. The van der Waals surface area contributed by atoms with Gasteiger partial charge in [-0.05, 0) is 30.5 Å². The van der Waals surface area contributed by atoms with E-state index in [9.17, 15) is 0 Å². The second-order valence-electron chi connectivity index (χ2n) is 3.53. The summed E-state index contributed by atoms with van der Waals surface area (Å²) in [4.78, 5) is 1.25. The standard InChI is InChI=1S/C14H14OS/c1-3-4-9-15-11(2)14-10-12-7-5-6-8-13(12)16-14/h3-11H,1H2,2H3. The van der Waals surface area contributed by atoms with E-state index in [0.29, 0.717) is 0 Å². The van der Waals surface area contributed by atoms with E-state index in [1.54, 1.807) is 29.8 Å². The average Bonchev–Trinajstić information content (AvgIpc) is 2.73. The number of hydrogen-bond acceptors (Lipinski definition) is 2. The van der Waals surface area contributed by atoms with Gasteiger partial charge in [0, 0.05) is 9.58 Å². The molecule has 1 nitrogen and oxygen atoms in total. The van der Waals surface area contributed by atoms with Crippen molar-refractivity contribution in [3.05, 3.63) is 60.2 Å². The normalized spacial score (nSPS) is 13.1. The minimum Gasteiger partial charge on any atom is -0.493 e. The van der Waals surface area contributed by atoms with Crippen molar-refractivity contribution >= 4 is 21.4 Å². The Labute approximate surface area is 99.7 Å². The number of fused-ring (bicyclic) bond motifs is 1. The summed E-state index contributed by atoms with van der Waals surface area (Å²) in [5.41, 5.74) is 0. The lowest BCUT2D eigenvalue weighted by Crippen LogP contribution is -1.90. The first-order valence-electron chi connectivity index (χ1n) is 5.23. The number of ether oxygens (including phenoxy) is 1. The van der Waals surface area contributed by atoms with Crippen LogP contribution in [0, 0.1) is 0 Å². The van der Waals surface area contributed by atoms with Crippen molar-refractivity contribution < 1.29 is 4.74 Å². The van der Waals surface area contributed by atoms with Gasteiger partial charge in [0.15, 0.2) is 0 Å². The molecule has 0 saturated carbocycles. The lowest BCUT2D eigenvalue weighted by molar-refractivity contribution is 0.167.